The number of hydrogen-bond donors (Lipinski definition) is 3. The Labute approximate surface area is 109 Å². The molecule has 0 aromatic carbocycles. The van der Waals surface area contributed by atoms with Crippen LogP contribution in [0.2, 0.25) is 0 Å². The van der Waals surface area contributed by atoms with Crippen molar-refractivity contribution in [3.63, 3.8) is 0 Å². The molecule has 98 valence electrons. The second-order valence-electron chi connectivity index (χ2n) is 3.67. The van der Waals surface area contributed by atoms with E-state index < -0.39 is 10.0 Å². The minimum atomic E-state index is -3.47. The van der Waals surface area contributed by atoms with Crippen molar-refractivity contribution in [2.45, 2.75) is 18.0 Å². The minimum absolute atomic E-state index is 0.230. The van der Waals surface area contributed by atoms with E-state index >= 15 is 0 Å². The van der Waals surface area contributed by atoms with Crippen LogP contribution in [-0.2, 0) is 23.1 Å². The van der Waals surface area contributed by atoms with Gasteiger partial charge in [-0.3, -0.25) is 5.10 Å². The van der Waals surface area contributed by atoms with E-state index in [1.807, 2.05) is 0 Å². The van der Waals surface area contributed by atoms with E-state index in [2.05, 4.69) is 20.2 Å². The molecule has 0 atom stereocenters. The summed E-state index contributed by atoms with van der Waals surface area (Å²) in [6, 6.07) is 1.62. The van der Waals surface area contributed by atoms with Gasteiger partial charge in [-0.05, 0) is 18.5 Å². The van der Waals surface area contributed by atoms with Gasteiger partial charge in [0.25, 0.3) is 0 Å². The molecule has 0 unspecified atom stereocenters. The van der Waals surface area contributed by atoms with E-state index in [9.17, 15) is 8.42 Å². The molecule has 0 spiro atoms. The summed E-state index contributed by atoms with van der Waals surface area (Å²) in [6.45, 7) is 0.771. The van der Waals surface area contributed by atoms with E-state index in [0.29, 0.717) is 11.4 Å². The first-order valence-corrected chi connectivity index (χ1v) is 7.68. The first-order chi connectivity index (χ1) is 8.63. The molecule has 0 bridgehead atoms. The molecule has 18 heavy (non-hydrogen) atoms. The molecule has 0 aliphatic carbocycles. The predicted molar refractivity (Wildman–Crippen MR) is 69.7 cm³/mol. The Morgan fingerprint density at radius 1 is 1.44 bits per heavy atom. The fourth-order valence-electron chi connectivity index (χ4n) is 1.49. The molecule has 3 N–H and O–H groups in total. The molecule has 0 aliphatic heterocycles. The molecule has 0 saturated carbocycles. The zero-order chi connectivity index (χ0) is 13.0. The second-order valence-corrected chi connectivity index (χ2v) is 6.41. The van der Waals surface area contributed by atoms with Crippen LogP contribution in [0.4, 0.5) is 0 Å². The van der Waals surface area contributed by atoms with Crippen LogP contribution in [0, 0.1) is 0 Å². The minimum Gasteiger partial charge on any atom is -0.315 e. The van der Waals surface area contributed by atoms with Crippen LogP contribution in [0.15, 0.2) is 28.7 Å². The highest BCUT2D eigenvalue weighted by molar-refractivity contribution is 7.89. The second kappa shape index (κ2) is 5.61. The maximum atomic E-state index is 12.1. The molecule has 0 aliphatic rings. The number of H-pyrrole nitrogens is 1. The van der Waals surface area contributed by atoms with Gasteiger partial charge in [0.2, 0.25) is 10.0 Å². The molecule has 2 heterocycles. The molecule has 0 radical (unpaired) electrons. The van der Waals surface area contributed by atoms with Crippen molar-refractivity contribution in [1.29, 1.82) is 0 Å². The van der Waals surface area contributed by atoms with E-state index in [4.69, 9.17) is 0 Å². The summed E-state index contributed by atoms with van der Waals surface area (Å²) >= 11 is 1.42. The zero-order valence-electron chi connectivity index (χ0n) is 9.80. The summed E-state index contributed by atoms with van der Waals surface area (Å²) < 4.78 is 26.8. The summed E-state index contributed by atoms with van der Waals surface area (Å²) in [6.07, 6.45) is 3.25. The lowest BCUT2D eigenvalue weighted by atomic mass is 10.4. The third kappa shape index (κ3) is 2.96. The molecule has 0 amide bonds. The highest BCUT2D eigenvalue weighted by atomic mass is 32.2. The number of nitrogens with zero attached hydrogens (tertiary/aromatic N) is 1. The van der Waals surface area contributed by atoms with Crippen LogP contribution in [-0.4, -0.2) is 25.7 Å². The van der Waals surface area contributed by atoms with Gasteiger partial charge in [-0.15, -0.1) is 11.3 Å². The van der Waals surface area contributed by atoms with Gasteiger partial charge >= 0.3 is 0 Å². The summed E-state index contributed by atoms with van der Waals surface area (Å²) in [4.78, 5) is 1.14. The molecule has 2 aromatic rings. The Kier molecular flexibility index (Phi) is 4.12. The van der Waals surface area contributed by atoms with E-state index in [1.165, 1.54) is 11.3 Å². The first-order valence-electron chi connectivity index (χ1n) is 5.32. The fraction of sp³-hybridized carbons (Fsp3) is 0.300. The summed E-state index contributed by atoms with van der Waals surface area (Å²) in [5.41, 5.74) is 0.795. The van der Waals surface area contributed by atoms with E-state index in [0.717, 1.165) is 10.4 Å². The molecular formula is C10H14N4O2S2. The summed E-state index contributed by atoms with van der Waals surface area (Å²) in [5.74, 6) is 0. The Balaban J connectivity index is 2.12. The molecule has 0 fully saturated rings. The van der Waals surface area contributed by atoms with Crippen molar-refractivity contribution >= 4 is 21.4 Å². The lowest BCUT2D eigenvalue weighted by molar-refractivity contribution is 0.580. The largest absolute Gasteiger partial charge is 0.315 e. The van der Waals surface area contributed by atoms with Crippen molar-refractivity contribution in [3.05, 3.63) is 34.3 Å². The van der Waals surface area contributed by atoms with Crippen molar-refractivity contribution in [3.8, 4) is 0 Å². The maximum absolute atomic E-state index is 12.1. The van der Waals surface area contributed by atoms with Gasteiger partial charge in [0.15, 0.2) is 0 Å². The number of aromatic amines is 1. The Morgan fingerprint density at radius 3 is 2.94 bits per heavy atom. The fourth-order valence-corrected chi connectivity index (χ4v) is 3.96. The molecule has 6 nitrogen and oxygen atoms in total. The average Bonchev–Trinajstić information content (AvgIpc) is 2.97. The number of sulfonamides is 1. The van der Waals surface area contributed by atoms with Gasteiger partial charge < -0.3 is 5.32 Å². The number of aromatic nitrogens is 2. The number of thiophene rings is 1. The maximum Gasteiger partial charge on any atom is 0.242 e. The van der Waals surface area contributed by atoms with E-state index in [-0.39, 0.29) is 6.54 Å². The quantitative estimate of drug-likeness (QED) is 0.728. The van der Waals surface area contributed by atoms with Crippen molar-refractivity contribution < 1.29 is 8.42 Å². The Hall–Kier alpha value is -1.22. The number of rotatable bonds is 6. The van der Waals surface area contributed by atoms with Gasteiger partial charge in [0, 0.05) is 29.7 Å². The van der Waals surface area contributed by atoms with Gasteiger partial charge in [-0.25, -0.2) is 13.1 Å². The van der Waals surface area contributed by atoms with Gasteiger partial charge in [-0.2, -0.15) is 5.10 Å². The zero-order valence-corrected chi connectivity index (χ0v) is 11.4. The van der Waals surface area contributed by atoms with Crippen molar-refractivity contribution in [2.24, 2.45) is 0 Å². The highest BCUT2D eigenvalue weighted by Gasteiger charge is 2.19. The van der Waals surface area contributed by atoms with Gasteiger partial charge in [0.05, 0.1) is 11.1 Å². The lowest BCUT2D eigenvalue weighted by Crippen LogP contribution is -2.24. The van der Waals surface area contributed by atoms with Crippen molar-refractivity contribution in [1.82, 2.24) is 20.2 Å². The third-order valence-electron chi connectivity index (χ3n) is 2.35. The Morgan fingerprint density at radius 2 is 2.28 bits per heavy atom. The molecular weight excluding hydrogens is 272 g/mol. The average molecular weight is 286 g/mol. The highest BCUT2D eigenvalue weighted by Crippen LogP contribution is 2.21. The summed E-state index contributed by atoms with van der Waals surface area (Å²) in [5, 5.41) is 11.1. The van der Waals surface area contributed by atoms with Crippen LogP contribution >= 0.6 is 11.3 Å². The number of hydrogen-bond acceptors (Lipinski definition) is 5. The molecule has 2 rings (SSSR count). The topological polar surface area (TPSA) is 86.9 Å². The van der Waals surface area contributed by atoms with Crippen LogP contribution in [0.5, 0.6) is 0 Å². The van der Waals surface area contributed by atoms with Crippen LogP contribution in [0.25, 0.3) is 0 Å². The third-order valence-corrected chi connectivity index (χ3v) is 4.89. The first kappa shape index (κ1) is 13.2. The molecule has 8 heteroatoms. The Bertz CT molecular complexity index is 589. The smallest absolute Gasteiger partial charge is 0.242 e. The van der Waals surface area contributed by atoms with Gasteiger partial charge in [-0.1, -0.05) is 0 Å². The van der Waals surface area contributed by atoms with Crippen LogP contribution in [0.1, 0.15) is 10.4 Å². The molecule has 2 aromatic heterocycles. The normalized spacial score (nSPS) is 11.8. The predicted octanol–water partition coefficient (Wildman–Crippen LogP) is 0.669. The van der Waals surface area contributed by atoms with Crippen LogP contribution in [0.3, 0.4) is 0 Å². The monoisotopic (exact) mass is 286 g/mol. The van der Waals surface area contributed by atoms with Crippen molar-refractivity contribution in [2.75, 3.05) is 7.05 Å². The molecule has 0 saturated heterocycles. The number of nitrogens with one attached hydrogen (secondary N) is 3. The van der Waals surface area contributed by atoms with E-state index in [1.54, 1.807) is 30.9 Å². The van der Waals surface area contributed by atoms with Crippen LogP contribution < -0.4 is 10.0 Å². The summed E-state index contributed by atoms with van der Waals surface area (Å²) in [7, 11) is -1.68. The lowest BCUT2D eigenvalue weighted by Gasteiger charge is -2.06. The SMILES string of the molecule is CNCc1sccc1S(=O)(=O)NCc1cn[nH]c1. The van der Waals surface area contributed by atoms with Gasteiger partial charge in [0.1, 0.15) is 0 Å². The standard InChI is InChI=1S/C10H14N4O2S2/c1-11-7-9-10(2-3-17-9)18(15,16)14-6-8-4-12-13-5-8/h2-5,11,14H,6-7H2,1H3,(H,12,13).